The second-order valence-electron chi connectivity index (χ2n) is 5.32. The number of primary amides is 1. The Morgan fingerprint density at radius 2 is 2.00 bits per heavy atom. The quantitative estimate of drug-likeness (QED) is 0.734. The highest BCUT2D eigenvalue weighted by molar-refractivity contribution is 5.98. The van der Waals surface area contributed by atoms with E-state index in [4.69, 9.17) is 10.8 Å². The van der Waals surface area contributed by atoms with Crippen LogP contribution in [-0.2, 0) is 4.79 Å². The Morgan fingerprint density at radius 3 is 2.53 bits per heavy atom. The highest BCUT2D eigenvalue weighted by Gasteiger charge is 2.21. The van der Waals surface area contributed by atoms with Gasteiger partial charge in [0.1, 0.15) is 0 Å². The second-order valence-corrected chi connectivity index (χ2v) is 5.32. The largest absolute Gasteiger partial charge is 0.481 e. The van der Waals surface area contributed by atoms with Crippen LogP contribution in [0.25, 0.3) is 0 Å². The van der Waals surface area contributed by atoms with Crippen molar-refractivity contribution in [2.24, 2.45) is 5.73 Å². The van der Waals surface area contributed by atoms with Crippen LogP contribution in [-0.4, -0.2) is 22.5 Å². The third-order valence-corrected chi connectivity index (χ3v) is 2.88. The number of benzene rings is 1. The van der Waals surface area contributed by atoms with Gasteiger partial charge >= 0.3 is 5.97 Å². The van der Waals surface area contributed by atoms with Crippen LogP contribution in [0.4, 0.5) is 5.69 Å². The molecule has 1 amide bonds. The van der Waals surface area contributed by atoms with Gasteiger partial charge in [-0.1, -0.05) is 6.07 Å². The number of anilines is 1. The molecule has 1 rings (SSSR count). The molecule has 0 aliphatic heterocycles. The molecule has 5 nitrogen and oxygen atoms in total. The van der Waals surface area contributed by atoms with Crippen LogP contribution in [0.5, 0.6) is 0 Å². The van der Waals surface area contributed by atoms with Gasteiger partial charge in [-0.15, -0.1) is 0 Å². The molecule has 1 aromatic carbocycles. The molecule has 0 bridgehead atoms. The van der Waals surface area contributed by atoms with E-state index in [1.54, 1.807) is 6.07 Å². The summed E-state index contributed by atoms with van der Waals surface area (Å²) in [4.78, 5) is 22.0. The number of carbonyl (C=O) groups is 2. The number of carboxylic acids is 1. The van der Waals surface area contributed by atoms with Crippen molar-refractivity contribution in [1.82, 2.24) is 0 Å². The summed E-state index contributed by atoms with van der Waals surface area (Å²) in [7, 11) is 0. The van der Waals surface area contributed by atoms with E-state index in [1.165, 1.54) is 0 Å². The van der Waals surface area contributed by atoms with Crippen LogP contribution < -0.4 is 11.1 Å². The normalized spacial score (nSPS) is 11.1. The summed E-state index contributed by atoms with van der Waals surface area (Å²) in [5.74, 6) is -1.34. The average Bonchev–Trinajstić information content (AvgIpc) is 2.25. The average molecular weight is 264 g/mol. The molecule has 0 radical (unpaired) electrons. The van der Waals surface area contributed by atoms with Gasteiger partial charge in [0.2, 0.25) is 0 Å². The molecule has 0 aliphatic carbocycles. The smallest absolute Gasteiger partial charge is 0.303 e. The maximum atomic E-state index is 11.4. The number of carbonyl (C=O) groups excluding carboxylic acids is 1. The molecular weight excluding hydrogens is 244 g/mol. The lowest BCUT2D eigenvalue weighted by Crippen LogP contribution is -2.32. The first-order chi connectivity index (χ1) is 8.71. The van der Waals surface area contributed by atoms with Gasteiger partial charge in [0.15, 0.2) is 0 Å². The van der Waals surface area contributed by atoms with Crippen molar-refractivity contribution in [2.45, 2.75) is 39.2 Å². The van der Waals surface area contributed by atoms with Gasteiger partial charge in [0.05, 0.1) is 5.56 Å². The van der Waals surface area contributed by atoms with Crippen molar-refractivity contribution >= 4 is 17.6 Å². The fourth-order valence-corrected chi connectivity index (χ4v) is 1.82. The monoisotopic (exact) mass is 264 g/mol. The van der Waals surface area contributed by atoms with E-state index in [1.807, 2.05) is 32.9 Å². The summed E-state index contributed by atoms with van der Waals surface area (Å²) < 4.78 is 0. The van der Waals surface area contributed by atoms with Gasteiger partial charge in [-0.2, -0.15) is 0 Å². The molecule has 0 fully saturated rings. The van der Waals surface area contributed by atoms with E-state index in [9.17, 15) is 9.59 Å². The molecule has 5 heteroatoms. The van der Waals surface area contributed by atoms with Crippen LogP contribution in [0.1, 0.15) is 42.6 Å². The fraction of sp³-hybridized carbons (Fsp3) is 0.429. The van der Waals surface area contributed by atoms with Crippen LogP contribution in [0, 0.1) is 6.92 Å². The van der Waals surface area contributed by atoms with E-state index >= 15 is 0 Å². The molecular formula is C14H20N2O3. The highest BCUT2D eigenvalue weighted by Crippen LogP contribution is 2.24. The van der Waals surface area contributed by atoms with Gasteiger partial charge in [0.25, 0.3) is 5.91 Å². The van der Waals surface area contributed by atoms with Crippen LogP contribution in [0.3, 0.4) is 0 Å². The maximum Gasteiger partial charge on any atom is 0.303 e. The van der Waals surface area contributed by atoms with Gasteiger partial charge in [-0.05, 0) is 44.9 Å². The first-order valence-corrected chi connectivity index (χ1v) is 6.12. The standard InChI is InChI=1S/C14H20N2O3/c1-9-4-5-10(13(15)19)11(8-9)16-14(2,3)7-6-12(17)18/h4-5,8,16H,6-7H2,1-3H3,(H2,15,19)(H,17,18). The van der Waals surface area contributed by atoms with Crippen molar-refractivity contribution in [2.75, 3.05) is 5.32 Å². The van der Waals surface area contributed by atoms with Gasteiger partial charge < -0.3 is 16.2 Å². The summed E-state index contributed by atoms with van der Waals surface area (Å²) >= 11 is 0. The zero-order chi connectivity index (χ0) is 14.6. The lowest BCUT2D eigenvalue weighted by atomic mass is 9.96. The van der Waals surface area contributed by atoms with Crippen molar-refractivity contribution in [3.8, 4) is 0 Å². The van der Waals surface area contributed by atoms with Crippen molar-refractivity contribution < 1.29 is 14.7 Å². The number of amides is 1. The van der Waals surface area contributed by atoms with Crippen molar-refractivity contribution in [3.05, 3.63) is 29.3 Å². The number of hydrogen-bond donors (Lipinski definition) is 3. The Kier molecular flexibility index (Phi) is 4.53. The Bertz CT molecular complexity index is 495. The van der Waals surface area contributed by atoms with Gasteiger partial charge in [-0.3, -0.25) is 9.59 Å². The molecule has 0 spiro atoms. The molecule has 104 valence electrons. The first-order valence-electron chi connectivity index (χ1n) is 6.12. The number of rotatable bonds is 6. The van der Waals surface area contributed by atoms with Crippen molar-refractivity contribution in [1.29, 1.82) is 0 Å². The Labute approximate surface area is 112 Å². The Morgan fingerprint density at radius 1 is 1.37 bits per heavy atom. The van der Waals surface area contributed by atoms with Crippen molar-refractivity contribution in [3.63, 3.8) is 0 Å². The SMILES string of the molecule is Cc1ccc(C(N)=O)c(NC(C)(C)CCC(=O)O)c1. The number of nitrogens with two attached hydrogens (primary N) is 1. The topological polar surface area (TPSA) is 92.4 Å². The lowest BCUT2D eigenvalue weighted by Gasteiger charge is -2.28. The molecule has 0 saturated heterocycles. The number of aliphatic carboxylic acids is 1. The minimum Gasteiger partial charge on any atom is -0.481 e. The van der Waals surface area contributed by atoms with E-state index < -0.39 is 17.4 Å². The highest BCUT2D eigenvalue weighted by atomic mass is 16.4. The first kappa shape index (κ1) is 15.0. The third-order valence-electron chi connectivity index (χ3n) is 2.88. The third kappa shape index (κ3) is 4.62. The summed E-state index contributed by atoms with van der Waals surface area (Å²) in [6.07, 6.45) is 0.520. The molecule has 0 heterocycles. The molecule has 1 aromatic rings. The summed E-state index contributed by atoms with van der Waals surface area (Å²) in [6, 6.07) is 5.32. The zero-order valence-electron chi connectivity index (χ0n) is 11.5. The molecule has 19 heavy (non-hydrogen) atoms. The molecule has 0 aromatic heterocycles. The van der Waals surface area contributed by atoms with Gasteiger partial charge in [0, 0.05) is 17.6 Å². The lowest BCUT2D eigenvalue weighted by molar-refractivity contribution is -0.137. The summed E-state index contributed by atoms with van der Waals surface area (Å²) in [6.45, 7) is 5.70. The van der Waals surface area contributed by atoms with Crippen LogP contribution in [0.2, 0.25) is 0 Å². The molecule has 0 atom stereocenters. The number of carboxylic acid groups (broad SMARTS) is 1. The van der Waals surface area contributed by atoms with E-state index in [2.05, 4.69) is 5.32 Å². The van der Waals surface area contributed by atoms with Crippen LogP contribution >= 0.6 is 0 Å². The van der Waals surface area contributed by atoms with E-state index in [-0.39, 0.29) is 6.42 Å². The Balaban J connectivity index is 2.94. The predicted molar refractivity (Wildman–Crippen MR) is 74.3 cm³/mol. The minimum absolute atomic E-state index is 0.0672. The van der Waals surface area contributed by atoms with Gasteiger partial charge in [-0.25, -0.2) is 0 Å². The molecule has 0 unspecified atom stereocenters. The Hall–Kier alpha value is -2.04. The predicted octanol–water partition coefficient (Wildman–Crippen LogP) is 2.15. The van der Waals surface area contributed by atoms with Crippen LogP contribution in [0.15, 0.2) is 18.2 Å². The number of aryl methyl sites for hydroxylation is 1. The minimum atomic E-state index is -0.839. The second kappa shape index (κ2) is 5.73. The summed E-state index contributed by atoms with van der Waals surface area (Å²) in [5.41, 5.74) is 6.95. The number of hydrogen-bond acceptors (Lipinski definition) is 3. The molecule has 0 aliphatic rings. The molecule has 4 N–H and O–H groups in total. The fourth-order valence-electron chi connectivity index (χ4n) is 1.82. The van der Waals surface area contributed by atoms with E-state index in [0.29, 0.717) is 17.7 Å². The zero-order valence-corrected chi connectivity index (χ0v) is 11.5. The number of nitrogens with one attached hydrogen (secondary N) is 1. The van der Waals surface area contributed by atoms with E-state index in [0.717, 1.165) is 5.56 Å². The molecule has 0 saturated carbocycles. The maximum absolute atomic E-state index is 11.4. The summed E-state index contributed by atoms with van der Waals surface area (Å²) in [5, 5.41) is 11.9.